The minimum Gasteiger partial charge on any atom is -0.453 e. The van der Waals surface area contributed by atoms with Crippen molar-refractivity contribution in [3.63, 3.8) is 0 Å². The molecule has 0 saturated carbocycles. The number of aromatic nitrogens is 2. The summed E-state index contributed by atoms with van der Waals surface area (Å²) in [6, 6.07) is 11.7. The van der Waals surface area contributed by atoms with Crippen LogP contribution in [0.3, 0.4) is 0 Å². The number of fused-ring (bicyclic) bond motifs is 1. The van der Waals surface area contributed by atoms with Gasteiger partial charge >= 0.3 is 10.2 Å². The number of Topliss-reactive ketones (excluding diaryl/α,β-unsaturated/α-hetero) is 2. The van der Waals surface area contributed by atoms with E-state index in [9.17, 15) is 37.7 Å². The van der Waals surface area contributed by atoms with Crippen LogP contribution >= 0.6 is 0 Å². The molecule has 0 radical (unpaired) electrons. The fraction of sp³-hybridized carbons (Fsp3) is 0.419. The number of ether oxygens (including phenoxy) is 1. The number of ketones is 2. The number of rotatable bonds is 15. The molecule has 4 aromatic rings. The highest BCUT2D eigenvalue weighted by atomic mass is 32.2. The van der Waals surface area contributed by atoms with E-state index in [0.29, 0.717) is 68.6 Å². The molecule has 3 atom stereocenters. The van der Waals surface area contributed by atoms with Gasteiger partial charge in [-0.3, -0.25) is 43.5 Å². The fourth-order valence-electron chi connectivity index (χ4n) is 8.28. The number of amides is 2. The Hall–Kier alpha value is -6.14. The summed E-state index contributed by atoms with van der Waals surface area (Å²) >= 11 is 0. The van der Waals surface area contributed by atoms with Crippen molar-refractivity contribution in [2.45, 2.75) is 63.5 Å². The zero-order chi connectivity index (χ0) is 45.0. The molecule has 3 fully saturated rings. The molecule has 4 heterocycles. The lowest BCUT2D eigenvalue weighted by Crippen LogP contribution is -2.47. The number of halogens is 2. The van der Waals surface area contributed by atoms with Crippen LogP contribution in [0.1, 0.15) is 68.5 Å². The maximum absolute atomic E-state index is 15.3. The molecule has 63 heavy (non-hydrogen) atoms. The number of carbonyl (C=O) groups excluding carboxylic acids is 4. The topological polar surface area (TPSA) is 225 Å². The van der Waals surface area contributed by atoms with Crippen LogP contribution < -0.4 is 31.0 Å². The quantitative estimate of drug-likeness (QED) is 0.0988. The standard InChI is InChI=1S/C43H47F2N9O8S/c1-3-52(2)63(60,61)51-35-9-7-32(44)41(31(35)21-46)62-28-5-8-34-30(20-28)43(59)54(24-48-34)37-12-15-47-22-26(37)18-38(55)39(56)23-53-16-13-25(14-17-53)29-6-4-27(19-33(29)45)49-36-10-11-40(57)50-42(36)58/h4-9,19-20,24-26,36-37,47,49,51H,3,10-18,22-23H2,1-2H3,(H,50,57,58). The number of hydrogen-bond donors (Lipinski definition) is 4. The molecule has 3 aliphatic rings. The van der Waals surface area contributed by atoms with E-state index in [2.05, 4.69) is 25.7 Å². The van der Waals surface area contributed by atoms with E-state index in [4.69, 9.17) is 4.74 Å². The molecule has 1 aromatic heterocycles. The van der Waals surface area contributed by atoms with E-state index in [1.165, 1.54) is 42.2 Å². The van der Waals surface area contributed by atoms with Gasteiger partial charge in [-0.1, -0.05) is 13.0 Å². The highest BCUT2D eigenvalue weighted by molar-refractivity contribution is 7.90. The number of imide groups is 1. The number of anilines is 2. The van der Waals surface area contributed by atoms with Crippen molar-refractivity contribution in [2.24, 2.45) is 5.92 Å². The number of carbonyl (C=O) groups is 4. The number of nitrogens with one attached hydrogen (secondary N) is 4. The average Bonchev–Trinajstić information content (AvgIpc) is 3.26. The number of likely N-dealkylation sites (tertiary alicyclic amines) is 1. The van der Waals surface area contributed by atoms with Crippen LogP contribution in [0.25, 0.3) is 10.9 Å². The van der Waals surface area contributed by atoms with Crippen LogP contribution in [0.15, 0.2) is 59.7 Å². The monoisotopic (exact) mass is 887 g/mol. The molecule has 4 N–H and O–H groups in total. The summed E-state index contributed by atoms with van der Waals surface area (Å²) < 4.78 is 66.3. The van der Waals surface area contributed by atoms with Gasteiger partial charge in [-0.25, -0.2) is 13.8 Å². The molecule has 332 valence electrons. The van der Waals surface area contributed by atoms with Gasteiger partial charge in [0.25, 0.3) is 5.56 Å². The summed E-state index contributed by atoms with van der Waals surface area (Å²) in [5.41, 5.74) is 0.185. The minimum atomic E-state index is -4.06. The molecule has 3 unspecified atom stereocenters. The van der Waals surface area contributed by atoms with Crippen molar-refractivity contribution in [1.82, 2.24) is 29.4 Å². The maximum Gasteiger partial charge on any atom is 0.301 e. The van der Waals surface area contributed by atoms with Gasteiger partial charge in [-0.05, 0) is 105 Å². The molecular weight excluding hydrogens is 841 g/mol. The van der Waals surface area contributed by atoms with E-state index in [1.807, 2.05) is 4.90 Å². The first kappa shape index (κ1) is 44.9. The normalized spacial score (nSPS) is 20.0. The highest BCUT2D eigenvalue weighted by Crippen LogP contribution is 2.35. The van der Waals surface area contributed by atoms with Crippen LogP contribution in [0.4, 0.5) is 20.2 Å². The van der Waals surface area contributed by atoms with Crippen LogP contribution in [0, 0.1) is 28.9 Å². The first-order valence-electron chi connectivity index (χ1n) is 20.7. The molecular formula is C43H47F2N9O8S. The summed E-state index contributed by atoms with van der Waals surface area (Å²) in [6.07, 6.45) is 3.39. The van der Waals surface area contributed by atoms with Crippen molar-refractivity contribution < 1.29 is 41.1 Å². The molecule has 7 rings (SSSR count). The molecule has 0 bridgehead atoms. The number of nitriles is 1. The van der Waals surface area contributed by atoms with E-state index in [0.717, 1.165) is 16.4 Å². The number of piperidine rings is 3. The third kappa shape index (κ3) is 10.1. The van der Waals surface area contributed by atoms with Crippen molar-refractivity contribution in [2.75, 3.05) is 56.4 Å². The Morgan fingerprint density at radius 2 is 1.79 bits per heavy atom. The molecule has 0 spiro atoms. The van der Waals surface area contributed by atoms with Crippen molar-refractivity contribution in [1.29, 1.82) is 5.26 Å². The van der Waals surface area contributed by atoms with Crippen LogP contribution in [0.2, 0.25) is 0 Å². The summed E-state index contributed by atoms with van der Waals surface area (Å²) in [4.78, 5) is 70.7. The van der Waals surface area contributed by atoms with Gasteiger partial charge in [0.2, 0.25) is 17.6 Å². The summed E-state index contributed by atoms with van der Waals surface area (Å²) in [7, 11) is -2.72. The van der Waals surface area contributed by atoms with E-state index in [-0.39, 0.29) is 54.6 Å². The Morgan fingerprint density at radius 3 is 2.51 bits per heavy atom. The molecule has 20 heteroatoms. The third-order valence-corrected chi connectivity index (χ3v) is 13.5. The predicted octanol–water partition coefficient (Wildman–Crippen LogP) is 3.72. The van der Waals surface area contributed by atoms with E-state index in [1.54, 1.807) is 25.1 Å². The molecule has 17 nitrogen and oxygen atoms in total. The highest BCUT2D eigenvalue weighted by Gasteiger charge is 2.33. The Balaban J connectivity index is 0.983. The Bertz CT molecular complexity index is 2660. The summed E-state index contributed by atoms with van der Waals surface area (Å²) in [5.74, 6) is -4.37. The zero-order valence-corrected chi connectivity index (χ0v) is 35.5. The predicted molar refractivity (Wildman–Crippen MR) is 227 cm³/mol. The van der Waals surface area contributed by atoms with Crippen molar-refractivity contribution in [3.8, 4) is 17.6 Å². The summed E-state index contributed by atoms with van der Waals surface area (Å²) in [6.45, 7) is 3.51. The first-order chi connectivity index (χ1) is 30.1. The number of hydrogen-bond acceptors (Lipinski definition) is 13. The first-order valence-corrected chi connectivity index (χ1v) is 22.1. The lowest BCUT2D eigenvalue weighted by Gasteiger charge is -2.33. The fourth-order valence-corrected chi connectivity index (χ4v) is 9.23. The van der Waals surface area contributed by atoms with E-state index >= 15 is 8.78 Å². The Kier molecular flexibility index (Phi) is 13.6. The second-order valence-corrected chi connectivity index (χ2v) is 17.8. The van der Waals surface area contributed by atoms with Crippen molar-refractivity contribution in [3.05, 3.63) is 88.0 Å². The molecule has 2 amide bonds. The van der Waals surface area contributed by atoms with Gasteiger partial charge in [-0.15, -0.1) is 0 Å². The molecule has 3 saturated heterocycles. The second-order valence-electron chi connectivity index (χ2n) is 16.0. The van der Waals surface area contributed by atoms with Crippen LogP contribution in [0.5, 0.6) is 11.5 Å². The van der Waals surface area contributed by atoms with Crippen LogP contribution in [-0.2, 0) is 29.4 Å². The molecule has 3 aromatic carbocycles. The largest absolute Gasteiger partial charge is 0.453 e. The lowest BCUT2D eigenvalue weighted by molar-refractivity contribution is -0.138. The Labute approximate surface area is 362 Å². The van der Waals surface area contributed by atoms with Gasteiger partial charge in [0.15, 0.2) is 17.3 Å². The SMILES string of the molecule is CCN(C)S(=O)(=O)Nc1ccc(F)c(Oc2ccc3ncn(C4CCNCC4CC(=O)C(=O)CN4CCC(c5ccc(NC6CCC(=O)NC6=O)cc5F)CC4)c(=O)c3c2)c1C#N. The van der Waals surface area contributed by atoms with Gasteiger partial charge in [0.05, 0.1) is 29.5 Å². The lowest BCUT2D eigenvalue weighted by atomic mass is 9.87. The van der Waals surface area contributed by atoms with Gasteiger partial charge < -0.3 is 15.4 Å². The van der Waals surface area contributed by atoms with E-state index < -0.39 is 74.2 Å². The van der Waals surface area contributed by atoms with Gasteiger partial charge in [-0.2, -0.15) is 18.0 Å². The maximum atomic E-state index is 15.3. The van der Waals surface area contributed by atoms with Crippen LogP contribution in [-0.4, -0.2) is 103 Å². The van der Waals surface area contributed by atoms with Gasteiger partial charge in [0, 0.05) is 44.7 Å². The molecule has 0 aliphatic carbocycles. The number of nitrogens with zero attached hydrogens (tertiary/aromatic N) is 5. The number of benzene rings is 3. The molecule has 3 aliphatic heterocycles. The third-order valence-electron chi connectivity index (χ3n) is 11.9. The zero-order valence-electron chi connectivity index (χ0n) is 34.7. The van der Waals surface area contributed by atoms with Crippen molar-refractivity contribution >= 4 is 55.9 Å². The average molecular weight is 888 g/mol. The smallest absolute Gasteiger partial charge is 0.301 e. The Morgan fingerprint density at radius 1 is 1.02 bits per heavy atom. The summed E-state index contributed by atoms with van der Waals surface area (Å²) in [5, 5.41) is 18.5. The second kappa shape index (κ2) is 19.1. The minimum absolute atomic E-state index is 0.0192. The van der Waals surface area contributed by atoms with Gasteiger partial charge in [0.1, 0.15) is 29.2 Å².